The van der Waals surface area contributed by atoms with Crippen LogP contribution in [0.3, 0.4) is 0 Å². The molecule has 8 heteroatoms. The fourth-order valence-corrected chi connectivity index (χ4v) is 3.98. The lowest BCUT2D eigenvalue weighted by atomic mass is 9.89. The highest BCUT2D eigenvalue weighted by molar-refractivity contribution is 5.88. The minimum atomic E-state index is -0.0563. The summed E-state index contributed by atoms with van der Waals surface area (Å²) in [7, 11) is 0. The van der Waals surface area contributed by atoms with Crippen molar-refractivity contribution in [3.05, 3.63) is 30.9 Å². The summed E-state index contributed by atoms with van der Waals surface area (Å²) in [5, 5.41) is 7.47. The second-order valence-corrected chi connectivity index (χ2v) is 7.37. The molecule has 144 valence electrons. The van der Waals surface area contributed by atoms with Crippen molar-refractivity contribution in [2.75, 3.05) is 36.4 Å². The third kappa shape index (κ3) is 4.37. The Balaban J connectivity index is 1.30. The van der Waals surface area contributed by atoms with Crippen molar-refractivity contribution >= 4 is 17.7 Å². The molecule has 3 heterocycles. The Labute approximate surface area is 159 Å². The first kappa shape index (κ1) is 17.8. The van der Waals surface area contributed by atoms with Crippen molar-refractivity contribution in [3.8, 4) is 0 Å². The molecule has 2 aromatic rings. The van der Waals surface area contributed by atoms with Crippen LogP contribution in [0.1, 0.15) is 32.1 Å². The number of hydrogen-bond donors (Lipinski definition) is 1. The van der Waals surface area contributed by atoms with Crippen LogP contribution in [0.2, 0.25) is 0 Å². The molecule has 0 spiro atoms. The van der Waals surface area contributed by atoms with Crippen molar-refractivity contribution in [3.63, 3.8) is 0 Å². The molecule has 1 aliphatic heterocycles. The normalized spacial score (nSPS) is 18.5. The topological polar surface area (TPSA) is 79.2 Å². The Morgan fingerprint density at radius 3 is 2.63 bits per heavy atom. The van der Waals surface area contributed by atoms with Gasteiger partial charge in [0.2, 0.25) is 0 Å². The van der Waals surface area contributed by atoms with E-state index in [1.807, 2.05) is 15.6 Å². The van der Waals surface area contributed by atoms with Gasteiger partial charge < -0.3 is 9.80 Å². The Hall–Kier alpha value is -2.64. The summed E-state index contributed by atoms with van der Waals surface area (Å²) >= 11 is 0. The number of amides is 2. The monoisotopic (exact) mass is 369 g/mol. The van der Waals surface area contributed by atoms with Gasteiger partial charge in [0.25, 0.3) is 0 Å². The van der Waals surface area contributed by atoms with Crippen molar-refractivity contribution in [1.82, 2.24) is 24.6 Å². The summed E-state index contributed by atoms with van der Waals surface area (Å²) in [6.07, 6.45) is 13.4. The zero-order valence-electron chi connectivity index (χ0n) is 15.6. The molecule has 2 fully saturated rings. The van der Waals surface area contributed by atoms with Crippen LogP contribution in [0.25, 0.3) is 0 Å². The third-order valence-electron chi connectivity index (χ3n) is 5.55. The molecule has 1 saturated heterocycles. The summed E-state index contributed by atoms with van der Waals surface area (Å²) in [5.41, 5.74) is 0. The van der Waals surface area contributed by atoms with Crippen LogP contribution in [-0.4, -0.2) is 56.9 Å². The minimum Gasteiger partial charge on any atom is -0.352 e. The summed E-state index contributed by atoms with van der Waals surface area (Å²) in [6, 6.07) is 1.83. The molecule has 8 nitrogen and oxygen atoms in total. The second kappa shape index (κ2) is 8.37. The van der Waals surface area contributed by atoms with E-state index in [9.17, 15) is 4.79 Å². The van der Waals surface area contributed by atoms with E-state index in [4.69, 9.17) is 0 Å². The maximum absolute atomic E-state index is 12.7. The highest BCUT2D eigenvalue weighted by Crippen LogP contribution is 2.26. The standard InChI is InChI=1S/C19H27N7O/c27-19(25-12-10-24(11-13-25)18-14-20-8-9-21-18)23-17-6-7-22-26(17)15-16-4-2-1-3-5-16/h6-9,14,16H,1-5,10-13,15H2,(H,23,27). The molecule has 0 radical (unpaired) electrons. The number of urea groups is 1. The van der Waals surface area contributed by atoms with Gasteiger partial charge in [-0.1, -0.05) is 19.3 Å². The quantitative estimate of drug-likeness (QED) is 0.896. The summed E-state index contributed by atoms with van der Waals surface area (Å²) in [4.78, 5) is 25.1. The van der Waals surface area contributed by atoms with Crippen LogP contribution in [0, 0.1) is 5.92 Å². The van der Waals surface area contributed by atoms with Gasteiger partial charge in [-0.3, -0.25) is 10.3 Å². The van der Waals surface area contributed by atoms with E-state index >= 15 is 0 Å². The molecular formula is C19H27N7O. The van der Waals surface area contributed by atoms with Crippen LogP contribution < -0.4 is 10.2 Å². The fraction of sp³-hybridized carbons (Fsp3) is 0.579. The van der Waals surface area contributed by atoms with Crippen molar-refractivity contribution in [2.24, 2.45) is 5.92 Å². The Bertz CT molecular complexity index is 734. The molecule has 0 atom stereocenters. The third-order valence-corrected chi connectivity index (χ3v) is 5.55. The molecule has 2 aliphatic rings. The van der Waals surface area contributed by atoms with E-state index in [-0.39, 0.29) is 6.03 Å². The average molecular weight is 369 g/mol. The van der Waals surface area contributed by atoms with Gasteiger partial charge in [-0.05, 0) is 18.8 Å². The SMILES string of the molecule is O=C(Nc1ccnn1CC1CCCCC1)N1CCN(c2cnccn2)CC1. The van der Waals surface area contributed by atoms with Crippen molar-refractivity contribution in [1.29, 1.82) is 0 Å². The second-order valence-electron chi connectivity index (χ2n) is 7.37. The molecule has 0 aromatic carbocycles. The van der Waals surface area contributed by atoms with E-state index in [1.165, 1.54) is 32.1 Å². The van der Waals surface area contributed by atoms with E-state index in [1.54, 1.807) is 24.8 Å². The van der Waals surface area contributed by atoms with Gasteiger partial charge in [0.15, 0.2) is 0 Å². The number of hydrogen-bond acceptors (Lipinski definition) is 5. The number of rotatable bonds is 4. The number of anilines is 2. The van der Waals surface area contributed by atoms with Crippen LogP contribution in [0.4, 0.5) is 16.4 Å². The molecule has 1 saturated carbocycles. The van der Waals surface area contributed by atoms with Gasteiger partial charge in [-0.15, -0.1) is 0 Å². The van der Waals surface area contributed by atoms with Crippen LogP contribution in [0.15, 0.2) is 30.9 Å². The molecule has 4 rings (SSSR count). The average Bonchev–Trinajstić information content (AvgIpc) is 3.16. The maximum atomic E-state index is 12.7. The number of carbonyl (C=O) groups excluding carboxylic acids is 1. The highest BCUT2D eigenvalue weighted by Gasteiger charge is 2.23. The first-order valence-corrected chi connectivity index (χ1v) is 9.88. The van der Waals surface area contributed by atoms with Crippen LogP contribution in [0.5, 0.6) is 0 Å². The summed E-state index contributed by atoms with van der Waals surface area (Å²) in [5.74, 6) is 2.33. The fourth-order valence-electron chi connectivity index (χ4n) is 3.98. The number of carbonyl (C=O) groups is 1. The lowest BCUT2D eigenvalue weighted by Gasteiger charge is -2.35. The maximum Gasteiger partial charge on any atom is 0.323 e. The van der Waals surface area contributed by atoms with Gasteiger partial charge in [0.1, 0.15) is 11.6 Å². The Morgan fingerprint density at radius 2 is 1.89 bits per heavy atom. The lowest BCUT2D eigenvalue weighted by molar-refractivity contribution is 0.207. The molecule has 0 bridgehead atoms. The molecule has 1 aliphatic carbocycles. The van der Waals surface area contributed by atoms with Gasteiger partial charge >= 0.3 is 6.03 Å². The van der Waals surface area contributed by atoms with Gasteiger partial charge in [-0.25, -0.2) is 14.5 Å². The van der Waals surface area contributed by atoms with Crippen molar-refractivity contribution < 1.29 is 4.79 Å². The van der Waals surface area contributed by atoms with Crippen LogP contribution in [-0.2, 0) is 6.54 Å². The molecule has 0 unspecified atom stereocenters. The van der Waals surface area contributed by atoms with E-state index in [0.29, 0.717) is 19.0 Å². The minimum absolute atomic E-state index is 0.0563. The zero-order valence-corrected chi connectivity index (χ0v) is 15.6. The predicted molar refractivity (Wildman–Crippen MR) is 104 cm³/mol. The number of nitrogens with zero attached hydrogens (tertiary/aromatic N) is 6. The highest BCUT2D eigenvalue weighted by atomic mass is 16.2. The number of aromatic nitrogens is 4. The van der Waals surface area contributed by atoms with E-state index in [0.717, 1.165) is 31.3 Å². The Morgan fingerprint density at radius 1 is 1.07 bits per heavy atom. The lowest BCUT2D eigenvalue weighted by Crippen LogP contribution is -2.50. The first-order valence-electron chi connectivity index (χ1n) is 9.88. The number of piperazine rings is 1. The number of nitrogens with one attached hydrogen (secondary N) is 1. The summed E-state index contributed by atoms with van der Waals surface area (Å²) < 4.78 is 1.95. The van der Waals surface area contributed by atoms with Gasteiger partial charge in [-0.2, -0.15) is 5.10 Å². The summed E-state index contributed by atoms with van der Waals surface area (Å²) in [6.45, 7) is 3.74. The molecular weight excluding hydrogens is 342 g/mol. The molecule has 27 heavy (non-hydrogen) atoms. The van der Waals surface area contributed by atoms with Crippen molar-refractivity contribution in [2.45, 2.75) is 38.6 Å². The largest absolute Gasteiger partial charge is 0.352 e. The Kier molecular flexibility index (Phi) is 5.50. The van der Waals surface area contributed by atoms with E-state index < -0.39 is 0 Å². The molecule has 2 aromatic heterocycles. The zero-order chi connectivity index (χ0) is 18.5. The van der Waals surface area contributed by atoms with Gasteiger partial charge in [0.05, 0.1) is 12.4 Å². The predicted octanol–water partition coefficient (Wildman–Crippen LogP) is 2.61. The van der Waals surface area contributed by atoms with E-state index in [2.05, 4.69) is 25.3 Å². The smallest absolute Gasteiger partial charge is 0.323 e. The first-order chi connectivity index (χ1) is 13.3. The molecule has 1 N–H and O–H groups in total. The molecule has 2 amide bonds. The van der Waals surface area contributed by atoms with Gasteiger partial charge in [0, 0.05) is 51.2 Å². The van der Waals surface area contributed by atoms with Crippen LogP contribution >= 0.6 is 0 Å².